The van der Waals surface area contributed by atoms with Crippen molar-refractivity contribution >= 4 is 17.0 Å². The van der Waals surface area contributed by atoms with Gasteiger partial charge in [-0.2, -0.15) is 0 Å². The molecule has 0 amide bonds. The highest BCUT2D eigenvalue weighted by atomic mass is 15.2. The molecule has 0 unspecified atom stereocenters. The maximum Gasteiger partial charge on any atom is 0.0570 e. The van der Waals surface area contributed by atoms with Crippen molar-refractivity contribution in [2.24, 2.45) is 0 Å². The number of nitrogens with zero attached hydrogens (tertiary/aromatic N) is 1. The van der Waals surface area contributed by atoms with Crippen LogP contribution in [0, 0.1) is 6.92 Å². The minimum atomic E-state index is 0.992. The van der Waals surface area contributed by atoms with Crippen molar-refractivity contribution in [1.29, 1.82) is 0 Å². The molecule has 0 fully saturated rings. The Kier molecular flexibility index (Phi) is 4.94. The molecule has 1 heterocycles. The van der Waals surface area contributed by atoms with Crippen molar-refractivity contribution in [3.63, 3.8) is 0 Å². The van der Waals surface area contributed by atoms with E-state index in [0.29, 0.717) is 0 Å². The first-order chi connectivity index (χ1) is 14.8. The molecule has 0 saturated heterocycles. The molecule has 146 valence electrons. The van der Waals surface area contributed by atoms with Gasteiger partial charge in [0.05, 0.1) is 5.70 Å². The first kappa shape index (κ1) is 18.4. The van der Waals surface area contributed by atoms with Gasteiger partial charge in [-0.3, -0.25) is 0 Å². The molecule has 4 aromatic rings. The summed E-state index contributed by atoms with van der Waals surface area (Å²) in [5, 5.41) is 0. The van der Waals surface area contributed by atoms with E-state index < -0.39 is 0 Å². The molecular weight excluding hydrogens is 362 g/mol. The van der Waals surface area contributed by atoms with Crippen molar-refractivity contribution in [2.45, 2.75) is 13.3 Å². The van der Waals surface area contributed by atoms with Crippen molar-refractivity contribution < 1.29 is 0 Å². The van der Waals surface area contributed by atoms with Gasteiger partial charge in [0.15, 0.2) is 0 Å². The van der Waals surface area contributed by atoms with Crippen LogP contribution in [0.4, 0.5) is 5.69 Å². The number of benzene rings is 4. The fourth-order valence-electron chi connectivity index (χ4n) is 4.44. The van der Waals surface area contributed by atoms with Gasteiger partial charge in [0.25, 0.3) is 0 Å². The van der Waals surface area contributed by atoms with Crippen LogP contribution in [0.5, 0.6) is 0 Å². The molecule has 1 aliphatic rings. The van der Waals surface area contributed by atoms with Gasteiger partial charge in [-0.05, 0) is 41.7 Å². The third-order valence-electron chi connectivity index (χ3n) is 5.81. The van der Waals surface area contributed by atoms with Gasteiger partial charge < -0.3 is 4.90 Å². The summed E-state index contributed by atoms with van der Waals surface area (Å²) in [6.07, 6.45) is 1.07. The Morgan fingerprint density at radius 3 is 1.73 bits per heavy atom. The SMILES string of the molecule is Cc1ccc2c(c1)CCN2C(=C(c1ccccc1)c1ccccc1)c1ccccc1. The standard InChI is InChI=1S/C29H25N/c1-22-17-18-27-26(21-22)19-20-30(27)29(25-15-9-4-10-16-25)28(23-11-5-2-6-12-23)24-13-7-3-8-14-24/h2-18,21H,19-20H2,1H3. The number of rotatable bonds is 4. The zero-order valence-electron chi connectivity index (χ0n) is 17.3. The van der Waals surface area contributed by atoms with Gasteiger partial charge in [0, 0.05) is 17.8 Å². The van der Waals surface area contributed by atoms with E-state index >= 15 is 0 Å². The zero-order chi connectivity index (χ0) is 20.3. The molecule has 30 heavy (non-hydrogen) atoms. The Bertz CT molecular complexity index is 1130. The van der Waals surface area contributed by atoms with E-state index in [1.54, 1.807) is 0 Å². The van der Waals surface area contributed by atoms with E-state index in [-0.39, 0.29) is 0 Å². The summed E-state index contributed by atoms with van der Waals surface area (Å²) in [4.78, 5) is 2.51. The second kappa shape index (κ2) is 8.04. The predicted molar refractivity (Wildman–Crippen MR) is 127 cm³/mol. The van der Waals surface area contributed by atoms with E-state index in [2.05, 4.69) is 121 Å². The van der Waals surface area contributed by atoms with Crippen LogP contribution in [-0.4, -0.2) is 6.54 Å². The van der Waals surface area contributed by atoms with Crippen molar-refractivity contribution in [1.82, 2.24) is 0 Å². The predicted octanol–water partition coefficient (Wildman–Crippen LogP) is 6.97. The molecule has 4 aromatic carbocycles. The Labute approximate surface area is 178 Å². The quantitative estimate of drug-likeness (QED) is 0.342. The molecule has 0 bridgehead atoms. The fraction of sp³-hybridized carbons (Fsp3) is 0.103. The molecule has 0 aromatic heterocycles. The van der Waals surface area contributed by atoms with Gasteiger partial charge in [-0.1, -0.05) is 109 Å². The molecule has 1 nitrogen and oxygen atoms in total. The number of aryl methyl sites for hydroxylation is 1. The molecular formula is C29H25N. The maximum atomic E-state index is 2.51. The minimum Gasteiger partial charge on any atom is -0.340 e. The van der Waals surface area contributed by atoms with E-state index in [1.807, 2.05) is 0 Å². The minimum absolute atomic E-state index is 0.992. The summed E-state index contributed by atoms with van der Waals surface area (Å²) in [6, 6.07) is 39.2. The summed E-state index contributed by atoms with van der Waals surface area (Å²) < 4.78 is 0. The van der Waals surface area contributed by atoms with Crippen LogP contribution in [0.3, 0.4) is 0 Å². The van der Waals surface area contributed by atoms with Crippen LogP contribution in [-0.2, 0) is 6.42 Å². The van der Waals surface area contributed by atoms with Crippen LogP contribution in [0.2, 0.25) is 0 Å². The zero-order valence-corrected chi connectivity index (χ0v) is 17.3. The van der Waals surface area contributed by atoms with Gasteiger partial charge in [0.1, 0.15) is 0 Å². The summed E-state index contributed by atoms with van der Waals surface area (Å²) in [5.74, 6) is 0. The average Bonchev–Trinajstić information content (AvgIpc) is 3.21. The summed E-state index contributed by atoms with van der Waals surface area (Å²) in [5.41, 5.74) is 10.4. The lowest BCUT2D eigenvalue weighted by Gasteiger charge is -2.28. The second-order valence-electron chi connectivity index (χ2n) is 7.86. The van der Waals surface area contributed by atoms with Crippen molar-refractivity contribution in [2.75, 3.05) is 11.4 Å². The summed E-state index contributed by atoms with van der Waals surface area (Å²) >= 11 is 0. The molecule has 0 aliphatic carbocycles. The first-order valence-corrected chi connectivity index (χ1v) is 10.6. The smallest absolute Gasteiger partial charge is 0.0570 e. The Hall–Kier alpha value is -3.58. The lowest BCUT2D eigenvalue weighted by Crippen LogP contribution is -2.20. The van der Waals surface area contributed by atoms with Crippen molar-refractivity contribution in [3.05, 3.63) is 137 Å². The number of fused-ring (bicyclic) bond motifs is 1. The van der Waals surface area contributed by atoms with Gasteiger partial charge in [-0.25, -0.2) is 0 Å². The topological polar surface area (TPSA) is 3.24 Å². The highest BCUT2D eigenvalue weighted by Crippen LogP contribution is 2.41. The fourth-order valence-corrected chi connectivity index (χ4v) is 4.44. The Morgan fingerprint density at radius 2 is 1.17 bits per heavy atom. The maximum absolute atomic E-state index is 2.51. The number of hydrogen-bond donors (Lipinski definition) is 0. The molecule has 0 radical (unpaired) electrons. The molecule has 0 spiro atoms. The molecule has 0 N–H and O–H groups in total. The van der Waals surface area contributed by atoms with E-state index in [0.717, 1.165) is 13.0 Å². The van der Waals surface area contributed by atoms with E-state index in [9.17, 15) is 0 Å². The van der Waals surface area contributed by atoms with Gasteiger partial charge in [-0.15, -0.1) is 0 Å². The number of anilines is 1. The lowest BCUT2D eigenvalue weighted by atomic mass is 9.92. The van der Waals surface area contributed by atoms with Crippen LogP contribution < -0.4 is 4.90 Å². The molecule has 1 aliphatic heterocycles. The monoisotopic (exact) mass is 387 g/mol. The first-order valence-electron chi connectivity index (χ1n) is 10.6. The highest BCUT2D eigenvalue weighted by Gasteiger charge is 2.26. The summed E-state index contributed by atoms with van der Waals surface area (Å²) in [7, 11) is 0. The summed E-state index contributed by atoms with van der Waals surface area (Å²) in [6.45, 7) is 3.17. The van der Waals surface area contributed by atoms with Crippen LogP contribution >= 0.6 is 0 Å². The van der Waals surface area contributed by atoms with E-state index in [4.69, 9.17) is 0 Å². The third-order valence-corrected chi connectivity index (χ3v) is 5.81. The third kappa shape index (κ3) is 3.44. The van der Waals surface area contributed by atoms with Gasteiger partial charge >= 0.3 is 0 Å². The average molecular weight is 388 g/mol. The molecule has 1 heteroatoms. The molecule has 5 rings (SSSR count). The van der Waals surface area contributed by atoms with Crippen molar-refractivity contribution in [3.8, 4) is 0 Å². The van der Waals surface area contributed by atoms with E-state index in [1.165, 1.54) is 44.8 Å². The Morgan fingerprint density at radius 1 is 0.633 bits per heavy atom. The van der Waals surface area contributed by atoms with Gasteiger partial charge in [0.2, 0.25) is 0 Å². The largest absolute Gasteiger partial charge is 0.340 e. The highest BCUT2D eigenvalue weighted by molar-refractivity contribution is 6.03. The second-order valence-corrected chi connectivity index (χ2v) is 7.86. The van der Waals surface area contributed by atoms with Crippen LogP contribution in [0.1, 0.15) is 27.8 Å². The Balaban J connectivity index is 1.82. The molecule has 0 atom stereocenters. The van der Waals surface area contributed by atoms with Crippen LogP contribution in [0.15, 0.2) is 109 Å². The normalized spacial score (nSPS) is 12.5. The lowest BCUT2D eigenvalue weighted by molar-refractivity contribution is 1.00. The number of hydrogen-bond acceptors (Lipinski definition) is 1. The molecule has 0 saturated carbocycles. The van der Waals surface area contributed by atoms with Crippen LogP contribution in [0.25, 0.3) is 11.3 Å².